The Bertz CT molecular complexity index is 801. The van der Waals surface area contributed by atoms with Crippen LogP contribution in [0.25, 0.3) is 0 Å². The molecule has 2 aliphatic heterocycles. The molecule has 0 aromatic heterocycles. The number of benzene rings is 1. The number of carbonyl (C=O) groups excluding carboxylic acids is 1. The van der Waals surface area contributed by atoms with Gasteiger partial charge in [-0.05, 0) is 24.8 Å². The molecule has 3 aliphatic carbocycles. The predicted octanol–water partition coefficient (Wildman–Crippen LogP) is 1.92. The number of nitrogens with zero attached hydrogens (tertiary/aromatic N) is 1. The highest BCUT2D eigenvalue weighted by Gasteiger charge is 2.68. The molecule has 4 nitrogen and oxygen atoms in total. The Hall–Kier alpha value is -1.55. The average Bonchev–Trinajstić information content (AvgIpc) is 3.32. The van der Waals surface area contributed by atoms with E-state index in [1.54, 1.807) is 6.07 Å². The third-order valence-electron chi connectivity index (χ3n) is 8.14. The highest BCUT2D eigenvalue weighted by molar-refractivity contribution is 5.89. The first kappa shape index (κ1) is 14.6. The Morgan fingerprint density at radius 3 is 2.96 bits per heavy atom. The summed E-state index contributed by atoms with van der Waals surface area (Å²) in [5.74, 6) is 2.09. The lowest BCUT2D eigenvalue weighted by molar-refractivity contribution is -0.946. The topological polar surface area (TPSA) is 49.4 Å². The van der Waals surface area contributed by atoms with E-state index in [1.165, 1.54) is 24.9 Å². The van der Waals surface area contributed by atoms with Gasteiger partial charge in [0, 0.05) is 36.7 Å². The number of Topliss-reactive ketones (excluding diaryl/α,β-unsaturated/α-hetero) is 1. The van der Waals surface area contributed by atoms with Gasteiger partial charge in [0.1, 0.15) is 5.75 Å². The van der Waals surface area contributed by atoms with Gasteiger partial charge in [-0.25, -0.2) is 0 Å². The minimum atomic E-state index is -0.396. The van der Waals surface area contributed by atoms with E-state index >= 15 is 0 Å². The number of quaternary nitrogens is 1. The molecule has 1 spiro atoms. The van der Waals surface area contributed by atoms with Crippen molar-refractivity contribution in [3.8, 4) is 11.5 Å². The fourth-order valence-electron chi connectivity index (χ4n) is 6.90. The Labute approximate surface area is 148 Å². The fraction of sp³-hybridized carbons (Fsp3) is 0.667. The summed E-state index contributed by atoms with van der Waals surface area (Å²) >= 11 is 0. The molecule has 3 fully saturated rings. The normalized spacial score (nSPS) is 43.6. The summed E-state index contributed by atoms with van der Waals surface area (Å²) in [6, 6.07) is 4.27. The van der Waals surface area contributed by atoms with E-state index in [2.05, 4.69) is 7.05 Å². The van der Waals surface area contributed by atoms with Gasteiger partial charge in [-0.3, -0.25) is 4.79 Å². The molecule has 2 saturated carbocycles. The summed E-state index contributed by atoms with van der Waals surface area (Å²) in [6.45, 7) is 2.41. The van der Waals surface area contributed by atoms with Crippen LogP contribution in [0.15, 0.2) is 12.1 Å². The first-order chi connectivity index (χ1) is 12.0. The second-order valence-electron chi connectivity index (χ2n) is 9.43. The maximum Gasteiger partial charge on any atom is 0.174 e. The van der Waals surface area contributed by atoms with E-state index in [4.69, 9.17) is 4.74 Å². The second kappa shape index (κ2) is 4.40. The van der Waals surface area contributed by atoms with Crippen LogP contribution in [0.1, 0.15) is 43.2 Å². The summed E-state index contributed by atoms with van der Waals surface area (Å²) in [7, 11) is 2.45. The molecule has 2 bridgehead atoms. The summed E-state index contributed by atoms with van der Waals surface area (Å²) in [6.07, 6.45) is 6.02. The van der Waals surface area contributed by atoms with E-state index in [0.717, 1.165) is 41.8 Å². The van der Waals surface area contributed by atoms with Gasteiger partial charge in [0.15, 0.2) is 11.9 Å². The molecular weight excluding hydrogens is 314 g/mol. The van der Waals surface area contributed by atoms with Crippen LogP contribution in [0, 0.1) is 11.8 Å². The van der Waals surface area contributed by atoms with Crippen molar-refractivity contribution in [2.45, 2.75) is 56.1 Å². The molecule has 1 aromatic rings. The number of piperidine rings is 1. The third kappa shape index (κ3) is 1.65. The van der Waals surface area contributed by atoms with Gasteiger partial charge in [0.25, 0.3) is 0 Å². The maximum absolute atomic E-state index is 12.7. The van der Waals surface area contributed by atoms with Gasteiger partial charge in [0.05, 0.1) is 31.6 Å². The first-order valence-electron chi connectivity index (χ1n) is 9.90. The summed E-state index contributed by atoms with van der Waals surface area (Å²) in [5.41, 5.74) is 2.22. The van der Waals surface area contributed by atoms with Gasteiger partial charge < -0.3 is 14.3 Å². The minimum absolute atomic E-state index is 0.0340. The van der Waals surface area contributed by atoms with E-state index in [1.807, 2.05) is 6.07 Å². The molecule has 25 heavy (non-hydrogen) atoms. The van der Waals surface area contributed by atoms with E-state index in [-0.39, 0.29) is 16.9 Å². The monoisotopic (exact) mass is 339 g/mol. The van der Waals surface area contributed by atoms with Crippen LogP contribution in [-0.2, 0) is 16.6 Å². The highest BCUT2D eigenvalue weighted by Crippen LogP contribution is 2.64. The molecular formula is C21H25NO3. The molecule has 132 valence electrons. The Morgan fingerprint density at radius 2 is 2.16 bits per heavy atom. The molecule has 4 heteroatoms. The van der Waals surface area contributed by atoms with Crippen LogP contribution in [0.4, 0.5) is 0 Å². The smallest absolute Gasteiger partial charge is 0.174 e. The van der Waals surface area contributed by atoms with Crippen LogP contribution in [0.2, 0.25) is 0 Å². The molecule has 2 heterocycles. The van der Waals surface area contributed by atoms with E-state index in [0.29, 0.717) is 24.1 Å². The number of rotatable bonds is 2. The second-order valence-corrected chi connectivity index (χ2v) is 9.43. The third-order valence-corrected chi connectivity index (χ3v) is 8.14. The average molecular weight is 339 g/mol. The summed E-state index contributed by atoms with van der Waals surface area (Å²) in [4.78, 5) is 12.7. The first-order valence-corrected chi connectivity index (χ1v) is 9.90. The van der Waals surface area contributed by atoms with Crippen molar-refractivity contribution in [3.05, 3.63) is 23.3 Å². The molecule has 5 aliphatic rings. The molecule has 6 rings (SSSR count). The van der Waals surface area contributed by atoms with Crippen molar-refractivity contribution in [1.29, 1.82) is 0 Å². The quantitative estimate of drug-likeness (QED) is 0.774. The van der Waals surface area contributed by atoms with Gasteiger partial charge in [0.2, 0.25) is 0 Å². The zero-order chi connectivity index (χ0) is 17.0. The Balaban J connectivity index is 1.56. The predicted molar refractivity (Wildman–Crippen MR) is 90.5 cm³/mol. The van der Waals surface area contributed by atoms with Gasteiger partial charge in [-0.15, -0.1) is 0 Å². The fourth-order valence-corrected chi connectivity index (χ4v) is 6.90. The van der Waals surface area contributed by atoms with Gasteiger partial charge in [-0.2, -0.15) is 0 Å². The number of carbonyl (C=O) groups is 1. The Morgan fingerprint density at radius 1 is 1.32 bits per heavy atom. The minimum Gasteiger partial charge on any atom is -0.870 e. The van der Waals surface area contributed by atoms with Crippen LogP contribution in [0.5, 0.6) is 11.5 Å². The van der Waals surface area contributed by atoms with Crippen molar-refractivity contribution in [3.63, 3.8) is 0 Å². The van der Waals surface area contributed by atoms with Crippen LogP contribution < -0.4 is 9.84 Å². The molecule has 0 radical (unpaired) electrons. The van der Waals surface area contributed by atoms with E-state index in [9.17, 15) is 9.90 Å². The van der Waals surface area contributed by atoms with Crippen LogP contribution in [0.3, 0.4) is 0 Å². The number of ether oxygens (including phenoxy) is 1. The lowest BCUT2D eigenvalue weighted by Gasteiger charge is -2.60. The molecule has 0 amide bonds. The van der Waals surface area contributed by atoms with Crippen molar-refractivity contribution < 1.29 is 19.1 Å². The molecule has 0 N–H and O–H groups in total. The van der Waals surface area contributed by atoms with Crippen molar-refractivity contribution in [2.75, 3.05) is 20.1 Å². The van der Waals surface area contributed by atoms with E-state index < -0.39 is 6.10 Å². The maximum atomic E-state index is 12.7. The Kier molecular flexibility index (Phi) is 2.57. The molecule has 1 aromatic carbocycles. The zero-order valence-electron chi connectivity index (χ0n) is 14.8. The largest absolute Gasteiger partial charge is 0.870 e. The number of hydrogen-bond acceptors (Lipinski definition) is 3. The van der Waals surface area contributed by atoms with Gasteiger partial charge in [-0.1, -0.05) is 17.9 Å². The standard InChI is InChI=1S/C21H25NO3/c1-22(11-12-2-3-12)9-8-21-14-5-7-17(24)20(21)25-19-16(23)6-4-13(18(19)21)10-15(14)22/h4,6,12,14-15,20H,2-3,5,7-11H2,1H3/t14-,15-,20?,21+,22-/m1/s1. The van der Waals surface area contributed by atoms with Gasteiger partial charge >= 0.3 is 0 Å². The number of ketones is 1. The highest BCUT2D eigenvalue weighted by atomic mass is 16.5. The zero-order valence-corrected chi connectivity index (χ0v) is 14.8. The lowest BCUT2D eigenvalue weighted by atomic mass is 9.51. The van der Waals surface area contributed by atoms with Crippen molar-refractivity contribution in [2.24, 2.45) is 11.8 Å². The lowest BCUT2D eigenvalue weighted by Crippen LogP contribution is -2.72. The van der Waals surface area contributed by atoms with Crippen LogP contribution in [-0.4, -0.2) is 42.5 Å². The molecule has 1 saturated heterocycles. The summed E-state index contributed by atoms with van der Waals surface area (Å²) in [5, 5.41) is 12.4. The number of likely N-dealkylation sites (tertiary alicyclic amines) is 1. The van der Waals surface area contributed by atoms with Crippen molar-refractivity contribution >= 4 is 5.78 Å². The number of likely N-dealkylation sites (N-methyl/N-ethyl adjacent to an activating group) is 1. The van der Waals surface area contributed by atoms with Crippen LogP contribution >= 0.6 is 0 Å². The SMILES string of the molecule is C[N@+]1(CC2CC2)CC[C@]23c4c5ccc([O-])c4OC2C(=O)CC[C@@H]3[C@H]1C5. The number of hydrogen-bond donors (Lipinski definition) is 0. The molecule has 1 unspecified atom stereocenters. The summed E-state index contributed by atoms with van der Waals surface area (Å²) < 4.78 is 7.27. The molecule has 5 atom stereocenters. The van der Waals surface area contributed by atoms with Crippen molar-refractivity contribution in [1.82, 2.24) is 0 Å².